The third-order valence-corrected chi connectivity index (χ3v) is 5.13. The molecule has 2 aromatic carbocycles. The van der Waals surface area contributed by atoms with E-state index in [-0.39, 0.29) is 11.3 Å². The van der Waals surface area contributed by atoms with Crippen LogP contribution >= 0.6 is 11.6 Å². The molecule has 6 nitrogen and oxygen atoms in total. The van der Waals surface area contributed by atoms with E-state index in [9.17, 15) is 14.7 Å². The molecular formula is C22H23ClN2O4. The molecule has 0 spiro atoms. The Kier molecular flexibility index (Phi) is 6.25. The van der Waals surface area contributed by atoms with Crippen molar-refractivity contribution < 1.29 is 19.4 Å². The Morgan fingerprint density at radius 1 is 1.10 bits per heavy atom. The first kappa shape index (κ1) is 20.9. The smallest absolute Gasteiger partial charge is 0.295 e. The van der Waals surface area contributed by atoms with Gasteiger partial charge in [-0.15, -0.1) is 0 Å². The molecule has 1 aliphatic heterocycles. The van der Waals surface area contributed by atoms with Gasteiger partial charge in [0.15, 0.2) is 0 Å². The molecule has 1 saturated heterocycles. The van der Waals surface area contributed by atoms with Crippen molar-refractivity contribution in [2.24, 2.45) is 0 Å². The van der Waals surface area contributed by atoms with Crippen molar-refractivity contribution >= 4 is 29.1 Å². The Morgan fingerprint density at radius 2 is 1.72 bits per heavy atom. The van der Waals surface area contributed by atoms with Gasteiger partial charge in [0, 0.05) is 23.7 Å². The van der Waals surface area contributed by atoms with Crippen molar-refractivity contribution in [3.63, 3.8) is 0 Å². The average molecular weight is 415 g/mol. The van der Waals surface area contributed by atoms with Gasteiger partial charge in [-0.1, -0.05) is 23.7 Å². The number of aliphatic hydroxyl groups is 1. The zero-order valence-corrected chi connectivity index (χ0v) is 17.3. The highest BCUT2D eigenvalue weighted by atomic mass is 35.5. The SMILES string of the molecule is COc1ccc(C2C(=C(O)c3ccc(Cl)cc3)C(=O)C(=O)N2CCN(C)C)cc1. The molecule has 1 heterocycles. The van der Waals surface area contributed by atoms with Crippen molar-refractivity contribution in [1.82, 2.24) is 9.80 Å². The topological polar surface area (TPSA) is 70.1 Å². The Balaban J connectivity index is 2.12. The molecule has 0 aliphatic carbocycles. The van der Waals surface area contributed by atoms with Crippen LogP contribution in [0.3, 0.4) is 0 Å². The molecule has 7 heteroatoms. The van der Waals surface area contributed by atoms with Crippen LogP contribution in [0.4, 0.5) is 0 Å². The third kappa shape index (κ3) is 4.28. The number of carbonyl (C=O) groups excluding carboxylic acids is 2. The first-order chi connectivity index (χ1) is 13.8. The lowest BCUT2D eigenvalue weighted by Crippen LogP contribution is -2.35. The predicted molar refractivity (Wildman–Crippen MR) is 112 cm³/mol. The van der Waals surface area contributed by atoms with Crippen LogP contribution in [0.2, 0.25) is 5.02 Å². The highest BCUT2D eigenvalue weighted by molar-refractivity contribution is 6.46. The van der Waals surface area contributed by atoms with Crippen molar-refractivity contribution in [3.05, 3.63) is 70.3 Å². The maximum absolute atomic E-state index is 12.9. The molecule has 1 aliphatic rings. The van der Waals surface area contributed by atoms with Gasteiger partial charge in [-0.2, -0.15) is 0 Å². The number of hydrogen-bond acceptors (Lipinski definition) is 5. The van der Waals surface area contributed by atoms with E-state index in [0.717, 1.165) is 5.56 Å². The van der Waals surface area contributed by atoms with E-state index in [1.165, 1.54) is 4.90 Å². The van der Waals surface area contributed by atoms with Gasteiger partial charge in [0.2, 0.25) is 0 Å². The van der Waals surface area contributed by atoms with Gasteiger partial charge in [-0.05, 0) is 56.1 Å². The molecule has 0 bridgehead atoms. The maximum Gasteiger partial charge on any atom is 0.295 e. The molecule has 1 fully saturated rings. The number of likely N-dealkylation sites (tertiary alicyclic amines) is 1. The van der Waals surface area contributed by atoms with E-state index in [0.29, 0.717) is 29.4 Å². The van der Waals surface area contributed by atoms with Crippen molar-refractivity contribution in [2.45, 2.75) is 6.04 Å². The molecule has 2 aromatic rings. The Hall–Kier alpha value is -2.83. The Bertz CT molecular complexity index is 936. The highest BCUT2D eigenvalue weighted by Gasteiger charge is 2.45. The van der Waals surface area contributed by atoms with Crippen LogP contribution in [0.5, 0.6) is 5.75 Å². The molecule has 152 valence electrons. The van der Waals surface area contributed by atoms with Crippen molar-refractivity contribution in [1.29, 1.82) is 0 Å². The number of hydrogen-bond donors (Lipinski definition) is 1. The van der Waals surface area contributed by atoms with Crippen LogP contribution in [-0.4, -0.2) is 60.9 Å². The highest BCUT2D eigenvalue weighted by Crippen LogP contribution is 2.39. The van der Waals surface area contributed by atoms with E-state index in [1.807, 2.05) is 19.0 Å². The predicted octanol–water partition coefficient (Wildman–Crippen LogP) is 3.33. The van der Waals surface area contributed by atoms with Gasteiger partial charge >= 0.3 is 0 Å². The lowest BCUT2D eigenvalue weighted by Gasteiger charge is -2.26. The number of likely N-dealkylation sites (N-methyl/N-ethyl adjacent to an activating group) is 1. The summed E-state index contributed by atoms with van der Waals surface area (Å²) in [7, 11) is 5.36. The number of Topliss-reactive ketones (excluding diaryl/α,β-unsaturated/α-hetero) is 1. The average Bonchev–Trinajstić information content (AvgIpc) is 2.97. The Labute approximate surface area is 174 Å². The second kappa shape index (κ2) is 8.68. The van der Waals surface area contributed by atoms with Crippen LogP contribution < -0.4 is 4.74 Å². The summed E-state index contributed by atoms with van der Waals surface area (Å²) in [5.74, 6) is -0.870. The van der Waals surface area contributed by atoms with Crippen LogP contribution in [0.15, 0.2) is 54.1 Å². The fourth-order valence-corrected chi connectivity index (χ4v) is 3.44. The monoisotopic (exact) mass is 414 g/mol. The number of halogens is 1. The normalized spacial score (nSPS) is 18.5. The quantitative estimate of drug-likeness (QED) is 0.446. The van der Waals surface area contributed by atoms with Gasteiger partial charge in [-0.25, -0.2) is 0 Å². The number of ether oxygens (including phenoxy) is 1. The molecule has 0 radical (unpaired) electrons. The summed E-state index contributed by atoms with van der Waals surface area (Å²) >= 11 is 5.93. The summed E-state index contributed by atoms with van der Waals surface area (Å²) in [4.78, 5) is 29.1. The van der Waals surface area contributed by atoms with E-state index >= 15 is 0 Å². The number of methoxy groups -OCH3 is 1. The molecule has 1 N–H and O–H groups in total. The molecule has 0 saturated carbocycles. The number of carbonyl (C=O) groups is 2. The first-order valence-electron chi connectivity index (χ1n) is 9.16. The summed E-state index contributed by atoms with van der Waals surface area (Å²) in [6.45, 7) is 0.937. The molecule has 1 atom stereocenters. The number of benzene rings is 2. The zero-order chi connectivity index (χ0) is 21.1. The molecule has 29 heavy (non-hydrogen) atoms. The van der Waals surface area contributed by atoms with Crippen molar-refractivity contribution in [2.75, 3.05) is 34.3 Å². The van der Waals surface area contributed by atoms with Gasteiger partial charge in [0.1, 0.15) is 11.5 Å². The summed E-state index contributed by atoms with van der Waals surface area (Å²) < 4.78 is 5.21. The molecular weight excluding hydrogens is 392 g/mol. The van der Waals surface area contributed by atoms with Crippen molar-refractivity contribution in [3.8, 4) is 5.75 Å². The first-order valence-corrected chi connectivity index (χ1v) is 9.54. The number of amides is 1. The number of ketones is 1. The lowest BCUT2D eigenvalue weighted by molar-refractivity contribution is -0.140. The summed E-state index contributed by atoms with van der Waals surface area (Å²) in [6.07, 6.45) is 0. The fourth-order valence-electron chi connectivity index (χ4n) is 3.31. The molecule has 0 aromatic heterocycles. The minimum Gasteiger partial charge on any atom is -0.507 e. The van der Waals surface area contributed by atoms with Crippen LogP contribution in [0.1, 0.15) is 17.2 Å². The summed E-state index contributed by atoms with van der Waals surface area (Å²) in [6, 6.07) is 12.9. The van der Waals surface area contributed by atoms with E-state index in [1.54, 1.807) is 55.6 Å². The van der Waals surface area contributed by atoms with E-state index < -0.39 is 17.7 Å². The minimum absolute atomic E-state index is 0.0706. The van der Waals surface area contributed by atoms with Crippen LogP contribution in [0.25, 0.3) is 5.76 Å². The second-order valence-corrected chi connectivity index (χ2v) is 7.51. The van der Waals surface area contributed by atoms with Crippen LogP contribution in [0, 0.1) is 0 Å². The number of aliphatic hydroxyl groups excluding tert-OH is 1. The van der Waals surface area contributed by atoms with Gasteiger partial charge < -0.3 is 19.6 Å². The fraction of sp³-hybridized carbons (Fsp3) is 0.273. The number of rotatable bonds is 6. The van der Waals surface area contributed by atoms with E-state index in [4.69, 9.17) is 16.3 Å². The minimum atomic E-state index is -0.697. The Morgan fingerprint density at radius 3 is 2.28 bits per heavy atom. The second-order valence-electron chi connectivity index (χ2n) is 7.08. The van der Waals surface area contributed by atoms with Gasteiger partial charge in [-0.3, -0.25) is 9.59 Å². The third-order valence-electron chi connectivity index (χ3n) is 4.88. The largest absolute Gasteiger partial charge is 0.507 e. The standard InChI is InChI=1S/C22H23ClN2O4/c1-24(2)12-13-25-19(14-6-10-17(29-3)11-7-14)18(21(27)22(25)28)20(26)15-4-8-16(23)9-5-15/h4-11,19,26H,12-13H2,1-3H3. The number of nitrogens with zero attached hydrogens (tertiary/aromatic N) is 2. The van der Waals surface area contributed by atoms with Gasteiger partial charge in [0.25, 0.3) is 11.7 Å². The zero-order valence-electron chi connectivity index (χ0n) is 16.6. The van der Waals surface area contributed by atoms with Crippen LogP contribution in [-0.2, 0) is 9.59 Å². The van der Waals surface area contributed by atoms with E-state index in [2.05, 4.69) is 0 Å². The van der Waals surface area contributed by atoms with Gasteiger partial charge in [0.05, 0.1) is 18.7 Å². The lowest BCUT2D eigenvalue weighted by atomic mass is 9.95. The summed E-state index contributed by atoms with van der Waals surface area (Å²) in [5, 5.41) is 11.4. The molecule has 1 unspecified atom stereocenters. The maximum atomic E-state index is 12.9. The molecule has 1 amide bonds. The molecule has 3 rings (SSSR count). The summed E-state index contributed by atoms with van der Waals surface area (Å²) in [5.41, 5.74) is 1.22.